The van der Waals surface area contributed by atoms with Crippen LogP contribution in [0.5, 0.6) is 0 Å². The summed E-state index contributed by atoms with van der Waals surface area (Å²) in [5.41, 5.74) is -0.474. The van der Waals surface area contributed by atoms with E-state index in [4.69, 9.17) is 9.84 Å². The number of aliphatic hydroxyl groups excluding tert-OH is 2. The summed E-state index contributed by atoms with van der Waals surface area (Å²) in [6.07, 6.45) is 0.00333. The first-order valence-electron chi connectivity index (χ1n) is 3.81. The second-order valence-corrected chi connectivity index (χ2v) is 3.33. The zero-order chi connectivity index (χ0) is 8.93. The molecule has 0 saturated carbocycles. The Balaban J connectivity index is 2.32. The largest absolute Gasteiger partial charge is 0.392 e. The van der Waals surface area contributed by atoms with Crippen molar-refractivity contribution in [2.45, 2.75) is 24.7 Å². The van der Waals surface area contributed by atoms with E-state index in [9.17, 15) is 9.90 Å². The SMILES string of the molecule is C[C@@]12O[C@@H]1[C@@H](O)C(CO)=CC2=O. The number of aliphatic hydroxyl groups is 2. The van der Waals surface area contributed by atoms with Crippen molar-refractivity contribution in [3.05, 3.63) is 11.6 Å². The topological polar surface area (TPSA) is 70.1 Å². The summed E-state index contributed by atoms with van der Waals surface area (Å²) in [7, 11) is 0. The van der Waals surface area contributed by atoms with Gasteiger partial charge in [0.25, 0.3) is 0 Å². The minimum absolute atomic E-state index is 0.165. The molecule has 4 heteroatoms. The summed E-state index contributed by atoms with van der Waals surface area (Å²) in [5.74, 6) is -0.165. The molecule has 4 nitrogen and oxygen atoms in total. The predicted octanol–water partition coefficient (Wildman–Crippen LogP) is -0.994. The lowest BCUT2D eigenvalue weighted by molar-refractivity contribution is -0.119. The third-order valence-electron chi connectivity index (χ3n) is 2.51. The fraction of sp³-hybridized carbons (Fsp3) is 0.625. The minimum Gasteiger partial charge on any atom is -0.392 e. The van der Waals surface area contributed by atoms with Gasteiger partial charge in [0.05, 0.1) is 6.61 Å². The first-order chi connectivity index (χ1) is 5.59. The van der Waals surface area contributed by atoms with Crippen molar-refractivity contribution >= 4 is 5.78 Å². The molecule has 2 rings (SSSR count). The van der Waals surface area contributed by atoms with E-state index >= 15 is 0 Å². The molecule has 0 spiro atoms. The highest BCUT2D eigenvalue weighted by Gasteiger charge is 2.63. The van der Waals surface area contributed by atoms with Gasteiger partial charge in [-0.25, -0.2) is 0 Å². The third-order valence-corrected chi connectivity index (χ3v) is 2.51. The first-order valence-corrected chi connectivity index (χ1v) is 3.81. The van der Waals surface area contributed by atoms with E-state index in [2.05, 4.69) is 0 Å². The van der Waals surface area contributed by atoms with Gasteiger partial charge in [-0.05, 0) is 18.6 Å². The van der Waals surface area contributed by atoms with Gasteiger partial charge in [0.1, 0.15) is 12.2 Å². The number of carbonyl (C=O) groups is 1. The predicted molar refractivity (Wildman–Crippen MR) is 39.5 cm³/mol. The van der Waals surface area contributed by atoms with E-state index in [0.29, 0.717) is 5.57 Å². The maximum atomic E-state index is 11.2. The lowest BCUT2D eigenvalue weighted by Gasteiger charge is -2.16. The van der Waals surface area contributed by atoms with Crippen LogP contribution < -0.4 is 0 Å². The molecule has 1 heterocycles. The summed E-state index contributed by atoms with van der Waals surface area (Å²) in [5, 5.41) is 18.2. The number of hydrogen-bond acceptors (Lipinski definition) is 4. The van der Waals surface area contributed by atoms with Crippen LogP contribution in [-0.2, 0) is 9.53 Å². The highest BCUT2D eigenvalue weighted by atomic mass is 16.6. The molecule has 3 atom stereocenters. The molecule has 0 aromatic carbocycles. The Hall–Kier alpha value is -0.710. The normalized spacial score (nSPS) is 45.2. The van der Waals surface area contributed by atoms with Crippen LogP contribution in [-0.4, -0.2) is 40.4 Å². The smallest absolute Gasteiger partial charge is 0.190 e. The van der Waals surface area contributed by atoms with Crippen molar-refractivity contribution in [2.75, 3.05) is 6.61 Å². The maximum absolute atomic E-state index is 11.2. The molecule has 0 amide bonds. The van der Waals surface area contributed by atoms with Crippen LogP contribution >= 0.6 is 0 Å². The van der Waals surface area contributed by atoms with Crippen molar-refractivity contribution in [1.29, 1.82) is 0 Å². The van der Waals surface area contributed by atoms with E-state index in [-0.39, 0.29) is 12.4 Å². The van der Waals surface area contributed by atoms with Crippen LogP contribution in [0.1, 0.15) is 6.92 Å². The Morgan fingerprint density at radius 1 is 1.75 bits per heavy atom. The Labute approximate surface area is 69.5 Å². The van der Waals surface area contributed by atoms with Crippen LogP contribution in [0.25, 0.3) is 0 Å². The Kier molecular flexibility index (Phi) is 1.42. The zero-order valence-electron chi connectivity index (χ0n) is 6.65. The highest BCUT2D eigenvalue weighted by molar-refractivity contribution is 6.01. The van der Waals surface area contributed by atoms with E-state index < -0.39 is 17.8 Å². The van der Waals surface area contributed by atoms with Crippen molar-refractivity contribution < 1.29 is 19.7 Å². The molecule has 0 aromatic rings. The molecule has 0 radical (unpaired) electrons. The van der Waals surface area contributed by atoms with Gasteiger partial charge in [0.15, 0.2) is 11.4 Å². The van der Waals surface area contributed by atoms with E-state index in [1.165, 1.54) is 6.08 Å². The molecule has 0 bridgehead atoms. The molecule has 66 valence electrons. The second-order valence-electron chi connectivity index (χ2n) is 3.33. The molecule has 1 saturated heterocycles. The van der Waals surface area contributed by atoms with E-state index in [1.807, 2.05) is 0 Å². The molecule has 0 aromatic heterocycles. The number of ketones is 1. The number of hydrogen-bond donors (Lipinski definition) is 2. The quantitative estimate of drug-likeness (QED) is 0.495. The van der Waals surface area contributed by atoms with Crippen LogP contribution in [0.2, 0.25) is 0 Å². The van der Waals surface area contributed by atoms with Crippen molar-refractivity contribution in [3.8, 4) is 0 Å². The van der Waals surface area contributed by atoms with Crippen LogP contribution in [0, 0.1) is 0 Å². The summed E-state index contributed by atoms with van der Waals surface area (Å²) < 4.78 is 5.06. The molecule has 12 heavy (non-hydrogen) atoms. The molecule has 2 aliphatic rings. The fourth-order valence-electron chi connectivity index (χ4n) is 1.52. The van der Waals surface area contributed by atoms with Gasteiger partial charge in [0, 0.05) is 0 Å². The Morgan fingerprint density at radius 2 is 2.42 bits per heavy atom. The standard InChI is InChI=1S/C8H10O4/c1-8-5(10)2-4(3-9)6(11)7(8)12-8/h2,6-7,9,11H,3H2,1H3/t6-,7+,8-/m0/s1. The molecule has 1 aliphatic carbocycles. The maximum Gasteiger partial charge on any atom is 0.190 e. The molecule has 2 N–H and O–H groups in total. The second kappa shape index (κ2) is 2.16. The van der Waals surface area contributed by atoms with Crippen LogP contribution in [0.3, 0.4) is 0 Å². The summed E-state index contributed by atoms with van der Waals surface area (Å²) >= 11 is 0. The molecule has 1 aliphatic heterocycles. The van der Waals surface area contributed by atoms with E-state index in [1.54, 1.807) is 6.92 Å². The van der Waals surface area contributed by atoms with Crippen LogP contribution in [0.4, 0.5) is 0 Å². The molecule has 1 fully saturated rings. The monoisotopic (exact) mass is 170 g/mol. The van der Waals surface area contributed by atoms with Crippen LogP contribution in [0.15, 0.2) is 11.6 Å². The lowest BCUT2D eigenvalue weighted by atomic mass is 9.88. The Morgan fingerprint density at radius 3 is 3.00 bits per heavy atom. The zero-order valence-corrected chi connectivity index (χ0v) is 6.65. The molecular weight excluding hydrogens is 160 g/mol. The van der Waals surface area contributed by atoms with Crippen molar-refractivity contribution in [1.82, 2.24) is 0 Å². The average molecular weight is 170 g/mol. The lowest BCUT2D eigenvalue weighted by Crippen LogP contribution is -2.35. The minimum atomic E-state index is -0.822. The third kappa shape index (κ3) is 0.798. The average Bonchev–Trinajstić information content (AvgIpc) is 2.72. The molecular formula is C8H10O4. The van der Waals surface area contributed by atoms with Gasteiger partial charge in [0.2, 0.25) is 0 Å². The van der Waals surface area contributed by atoms with Gasteiger partial charge < -0.3 is 14.9 Å². The van der Waals surface area contributed by atoms with Gasteiger partial charge in [-0.1, -0.05) is 0 Å². The number of rotatable bonds is 1. The highest BCUT2D eigenvalue weighted by Crippen LogP contribution is 2.44. The van der Waals surface area contributed by atoms with Gasteiger partial charge in [-0.2, -0.15) is 0 Å². The summed E-state index contributed by atoms with van der Waals surface area (Å²) in [4.78, 5) is 11.2. The van der Waals surface area contributed by atoms with E-state index in [0.717, 1.165) is 0 Å². The number of ether oxygens (including phenoxy) is 1. The Bertz CT molecular complexity index is 270. The summed E-state index contributed by atoms with van der Waals surface area (Å²) in [6.45, 7) is 1.36. The first kappa shape index (κ1) is 7.91. The van der Waals surface area contributed by atoms with Crippen molar-refractivity contribution in [3.63, 3.8) is 0 Å². The number of epoxide rings is 1. The summed E-state index contributed by atoms with van der Waals surface area (Å²) in [6, 6.07) is 0. The van der Waals surface area contributed by atoms with Gasteiger partial charge in [-0.15, -0.1) is 0 Å². The van der Waals surface area contributed by atoms with Gasteiger partial charge in [-0.3, -0.25) is 4.79 Å². The molecule has 0 unspecified atom stereocenters. The van der Waals surface area contributed by atoms with Gasteiger partial charge >= 0.3 is 0 Å². The van der Waals surface area contributed by atoms with Crippen molar-refractivity contribution in [2.24, 2.45) is 0 Å². The number of fused-ring (bicyclic) bond motifs is 1. The fourth-order valence-corrected chi connectivity index (χ4v) is 1.52. The number of carbonyl (C=O) groups excluding carboxylic acids is 1.